The highest BCUT2D eigenvalue weighted by Crippen LogP contribution is 2.37. The number of carboxylic acids is 1. The number of aromatic carboxylic acids is 1. The van der Waals surface area contributed by atoms with E-state index >= 15 is 0 Å². The Labute approximate surface area is 213 Å². The van der Waals surface area contributed by atoms with E-state index < -0.39 is 11.2 Å². The number of hydrogen-bond acceptors (Lipinski definition) is 5. The number of aromatic hydroxyl groups is 1. The summed E-state index contributed by atoms with van der Waals surface area (Å²) in [4.78, 5) is 38.2. The second-order valence-corrected chi connectivity index (χ2v) is 9.97. The van der Waals surface area contributed by atoms with Gasteiger partial charge in [-0.3, -0.25) is 9.59 Å². The number of hydrogen-bond donors (Lipinski definition) is 4. The van der Waals surface area contributed by atoms with Crippen LogP contribution in [0.25, 0.3) is 0 Å². The van der Waals surface area contributed by atoms with Crippen LogP contribution in [-0.4, -0.2) is 28.0 Å². The van der Waals surface area contributed by atoms with Crippen molar-refractivity contribution in [1.29, 1.82) is 0 Å². The minimum Gasteiger partial charge on any atom is -0.507 e. The molecule has 36 heavy (non-hydrogen) atoms. The molecule has 1 atom stereocenters. The average Bonchev–Trinajstić information content (AvgIpc) is 2.89. The fourth-order valence-corrected chi connectivity index (χ4v) is 5.37. The van der Waals surface area contributed by atoms with Crippen molar-refractivity contribution in [3.05, 3.63) is 83.9 Å². The lowest BCUT2D eigenvalue weighted by atomic mass is 9.88. The molecule has 0 heterocycles. The lowest BCUT2D eigenvalue weighted by Gasteiger charge is -2.21. The fraction of sp³-hybridized carbons (Fsp3) is 0.250. The molecule has 0 bridgehead atoms. The zero-order valence-corrected chi connectivity index (χ0v) is 20.5. The Balaban J connectivity index is 1.53. The van der Waals surface area contributed by atoms with E-state index in [1.165, 1.54) is 36.4 Å². The maximum absolute atomic E-state index is 13.3. The van der Waals surface area contributed by atoms with Crippen molar-refractivity contribution < 1.29 is 24.6 Å². The Hall–Kier alpha value is -3.78. The van der Waals surface area contributed by atoms with Gasteiger partial charge in [-0.15, -0.1) is 11.8 Å². The van der Waals surface area contributed by atoms with Gasteiger partial charge < -0.3 is 20.8 Å². The first-order valence-electron chi connectivity index (χ1n) is 11.9. The second kappa shape index (κ2) is 11.8. The standard InChI is InChI=1S/C28H28N2O5S/c31-24-15-14-21(17-23(24)28(34)35)30-27(33)25(18-8-3-1-4-9-18)36-22-13-7-12-20(16-22)29-26(32)19-10-5-2-6-11-19/h1,3-4,7-9,12-17,19,25,31H,2,5-6,10-11H2,(H,29,32)(H,30,33)(H,34,35). The van der Waals surface area contributed by atoms with Crippen LogP contribution < -0.4 is 10.6 Å². The number of nitrogens with one attached hydrogen (secondary N) is 2. The lowest BCUT2D eigenvalue weighted by Crippen LogP contribution is -2.24. The molecule has 7 nitrogen and oxygen atoms in total. The fourth-order valence-electron chi connectivity index (χ4n) is 4.29. The molecule has 0 spiro atoms. The summed E-state index contributed by atoms with van der Waals surface area (Å²) in [7, 11) is 0. The molecule has 4 rings (SSSR count). The van der Waals surface area contributed by atoms with Crippen LogP contribution in [0.15, 0.2) is 77.7 Å². The van der Waals surface area contributed by atoms with Crippen LogP contribution in [0.1, 0.15) is 53.3 Å². The van der Waals surface area contributed by atoms with Gasteiger partial charge in [0.05, 0.1) is 0 Å². The van der Waals surface area contributed by atoms with Crippen LogP contribution in [0.5, 0.6) is 5.75 Å². The summed E-state index contributed by atoms with van der Waals surface area (Å²) in [6, 6.07) is 20.6. The van der Waals surface area contributed by atoms with Gasteiger partial charge in [0, 0.05) is 22.2 Å². The van der Waals surface area contributed by atoms with Crippen molar-refractivity contribution in [3.8, 4) is 5.75 Å². The van der Waals surface area contributed by atoms with Crippen molar-refractivity contribution in [3.63, 3.8) is 0 Å². The summed E-state index contributed by atoms with van der Waals surface area (Å²) >= 11 is 1.33. The van der Waals surface area contributed by atoms with Gasteiger partial charge in [-0.05, 0) is 54.8 Å². The van der Waals surface area contributed by atoms with Crippen LogP contribution in [-0.2, 0) is 9.59 Å². The van der Waals surface area contributed by atoms with Crippen LogP contribution in [0, 0.1) is 5.92 Å². The third-order valence-electron chi connectivity index (χ3n) is 6.17. The summed E-state index contributed by atoms with van der Waals surface area (Å²) in [5, 5.41) is 24.2. The molecule has 1 aliphatic rings. The van der Waals surface area contributed by atoms with Gasteiger partial charge in [-0.1, -0.05) is 55.7 Å². The van der Waals surface area contributed by atoms with Crippen LogP contribution >= 0.6 is 11.8 Å². The first-order valence-corrected chi connectivity index (χ1v) is 12.8. The molecule has 3 aromatic rings. The molecular weight excluding hydrogens is 476 g/mol. The van der Waals surface area contributed by atoms with Crippen LogP contribution in [0.2, 0.25) is 0 Å². The van der Waals surface area contributed by atoms with E-state index in [0.29, 0.717) is 5.69 Å². The predicted molar refractivity (Wildman–Crippen MR) is 140 cm³/mol. The molecule has 0 saturated heterocycles. The number of benzene rings is 3. The van der Waals surface area contributed by atoms with Crippen molar-refractivity contribution in [1.82, 2.24) is 0 Å². The normalized spacial score (nSPS) is 14.6. The highest BCUT2D eigenvalue weighted by Gasteiger charge is 2.24. The molecule has 1 saturated carbocycles. The summed E-state index contributed by atoms with van der Waals surface area (Å²) in [6.45, 7) is 0. The molecule has 186 valence electrons. The predicted octanol–water partition coefficient (Wildman–Crippen LogP) is 6.08. The van der Waals surface area contributed by atoms with E-state index in [-0.39, 0.29) is 34.7 Å². The zero-order valence-electron chi connectivity index (χ0n) is 19.6. The van der Waals surface area contributed by atoms with Gasteiger partial charge in [0.15, 0.2) is 0 Å². The number of rotatable bonds is 8. The first kappa shape index (κ1) is 25.3. The van der Waals surface area contributed by atoms with Crippen LogP contribution in [0.3, 0.4) is 0 Å². The number of carbonyl (C=O) groups excluding carboxylic acids is 2. The number of carbonyl (C=O) groups is 3. The van der Waals surface area contributed by atoms with Crippen LogP contribution in [0.4, 0.5) is 11.4 Å². The van der Waals surface area contributed by atoms with Gasteiger partial charge >= 0.3 is 5.97 Å². The van der Waals surface area contributed by atoms with E-state index in [1.54, 1.807) is 0 Å². The van der Waals surface area contributed by atoms with Gasteiger partial charge in [0.2, 0.25) is 11.8 Å². The largest absolute Gasteiger partial charge is 0.507 e. The number of thioether (sulfide) groups is 1. The van der Waals surface area contributed by atoms with Gasteiger partial charge in [-0.2, -0.15) is 0 Å². The monoisotopic (exact) mass is 504 g/mol. The average molecular weight is 505 g/mol. The Morgan fingerprint density at radius 2 is 1.56 bits per heavy atom. The first-order chi connectivity index (χ1) is 17.4. The van der Waals surface area contributed by atoms with E-state index in [9.17, 15) is 24.6 Å². The Morgan fingerprint density at radius 1 is 0.833 bits per heavy atom. The SMILES string of the molecule is O=C(O)c1cc(NC(=O)C(Sc2cccc(NC(=O)C3CCCCC3)c2)c2ccccc2)ccc1O. The number of carboxylic acid groups (broad SMARTS) is 1. The molecule has 1 fully saturated rings. The molecule has 3 aromatic carbocycles. The highest BCUT2D eigenvalue weighted by atomic mass is 32.2. The van der Waals surface area contributed by atoms with Crippen molar-refractivity contribution in [2.24, 2.45) is 5.92 Å². The molecule has 1 aliphatic carbocycles. The third-order valence-corrected chi connectivity index (χ3v) is 7.41. The van der Waals surface area contributed by atoms with E-state index in [2.05, 4.69) is 10.6 Å². The van der Waals surface area contributed by atoms with Gasteiger partial charge in [0.25, 0.3) is 0 Å². The second-order valence-electron chi connectivity index (χ2n) is 8.79. The molecule has 0 aromatic heterocycles. The molecule has 8 heteroatoms. The minimum absolute atomic E-state index is 0.0377. The Bertz CT molecular complexity index is 1240. The molecular formula is C28H28N2O5S. The number of phenols is 1. The summed E-state index contributed by atoms with van der Waals surface area (Å²) in [6.07, 6.45) is 5.17. The molecule has 0 aliphatic heterocycles. The highest BCUT2D eigenvalue weighted by molar-refractivity contribution is 8.00. The Morgan fingerprint density at radius 3 is 2.28 bits per heavy atom. The summed E-state index contributed by atoms with van der Waals surface area (Å²) in [5.41, 5.74) is 1.43. The van der Waals surface area contributed by atoms with Crippen molar-refractivity contribution in [2.75, 3.05) is 10.6 Å². The number of amides is 2. The molecule has 4 N–H and O–H groups in total. The van der Waals surface area contributed by atoms with Crippen molar-refractivity contribution in [2.45, 2.75) is 42.2 Å². The van der Waals surface area contributed by atoms with Gasteiger partial charge in [-0.25, -0.2) is 4.79 Å². The molecule has 1 unspecified atom stereocenters. The third kappa shape index (κ3) is 6.46. The van der Waals surface area contributed by atoms with E-state index in [1.807, 2.05) is 54.6 Å². The molecule has 2 amide bonds. The van der Waals surface area contributed by atoms with Gasteiger partial charge in [0.1, 0.15) is 16.6 Å². The lowest BCUT2D eigenvalue weighted by molar-refractivity contribution is -0.120. The quantitative estimate of drug-likeness (QED) is 0.218. The smallest absolute Gasteiger partial charge is 0.339 e. The summed E-state index contributed by atoms with van der Waals surface area (Å²) in [5.74, 6) is -1.93. The Kier molecular flexibility index (Phi) is 8.28. The minimum atomic E-state index is -1.29. The molecule has 0 radical (unpaired) electrons. The van der Waals surface area contributed by atoms with Crippen molar-refractivity contribution >= 4 is 40.9 Å². The topological polar surface area (TPSA) is 116 Å². The maximum atomic E-state index is 13.3. The zero-order chi connectivity index (χ0) is 25.5. The van der Waals surface area contributed by atoms with E-state index in [4.69, 9.17) is 0 Å². The maximum Gasteiger partial charge on any atom is 0.339 e. The van der Waals surface area contributed by atoms with E-state index in [0.717, 1.165) is 36.1 Å². The number of anilines is 2. The summed E-state index contributed by atoms with van der Waals surface area (Å²) < 4.78 is 0.